The van der Waals surface area contributed by atoms with Crippen molar-refractivity contribution in [1.29, 1.82) is 0 Å². The molecule has 88 valence electrons. The van der Waals surface area contributed by atoms with Crippen LogP contribution in [0.25, 0.3) is 5.57 Å². The Morgan fingerprint density at radius 2 is 1.71 bits per heavy atom. The van der Waals surface area contributed by atoms with Crippen molar-refractivity contribution in [2.75, 3.05) is 14.2 Å². The molecule has 0 aliphatic carbocycles. The zero-order valence-corrected chi connectivity index (χ0v) is 9.35. The lowest BCUT2D eigenvalue weighted by atomic mass is 10.0. The molecule has 0 saturated heterocycles. The molecule has 0 atom stereocenters. The van der Waals surface area contributed by atoms with Gasteiger partial charge >= 0.3 is 11.9 Å². The topological polar surface area (TPSA) is 61.8 Å². The van der Waals surface area contributed by atoms with E-state index in [1.165, 1.54) is 14.2 Å². The molecule has 0 bridgehead atoms. The summed E-state index contributed by atoms with van der Waals surface area (Å²) >= 11 is 0. The number of ether oxygens (including phenoxy) is 3. The summed E-state index contributed by atoms with van der Waals surface area (Å²) in [7, 11) is 2.79. The van der Waals surface area contributed by atoms with Gasteiger partial charge in [0, 0.05) is 5.56 Å². The van der Waals surface area contributed by atoms with Crippen LogP contribution in [0.5, 0.6) is 5.75 Å². The second-order valence-corrected chi connectivity index (χ2v) is 3.29. The first-order chi connectivity index (χ1) is 8.19. The molecule has 1 aromatic rings. The molecule has 17 heavy (non-hydrogen) atoms. The van der Waals surface area contributed by atoms with E-state index >= 15 is 0 Å². The zero-order chi connectivity index (χ0) is 12.4. The summed E-state index contributed by atoms with van der Waals surface area (Å²) in [6.07, 6.45) is 0. The summed E-state index contributed by atoms with van der Waals surface area (Å²) in [6, 6.07) is 6.84. The molecule has 0 fully saturated rings. The van der Waals surface area contributed by atoms with Crippen molar-refractivity contribution in [2.45, 2.75) is 0 Å². The maximum Gasteiger partial charge on any atom is 0.382 e. The van der Waals surface area contributed by atoms with Gasteiger partial charge in [-0.15, -0.1) is 0 Å². The van der Waals surface area contributed by atoms with Gasteiger partial charge in [0.15, 0.2) is 0 Å². The Labute approximate surface area is 97.6 Å². The Kier molecular flexibility index (Phi) is 2.82. The first-order valence-corrected chi connectivity index (χ1v) is 4.87. The first kappa shape index (κ1) is 11.2. The molecule has 0 saturated carbocycles. The molecule has 1 aromatic carbocycles. The molecule has 0 amide bonds. The second kappa shape index (κ2) is 4.29. The molecule has 2 rings (SSSR count). The molecule has 5 nitrogen and oxygen atoms in total. The molecule has 1 heterocycles. The van der Waals surface area contributed by atoms with Gasteiger partial charge in [0.05, 0.1) is 14.2 Å². The minimum absolute atomic E-state index is 0.0925. The van der Waals surface area contributed by atoms with Crippen molar-refractivity contribution in [3.8, 4) is 5.75 Å². The third-order valence-electron chi connectivity index (χ3n) is 2.38. The highest BCUT2D eigenvalue weighted by molar-refractivity contribution is 6.30. The minimum atomic E-state index is -0.779. The summed E-state index contributed by atoms with van der Waals surface area (Å²) in [4.78, 5) is 22.9. The highest BCUT2D eigenvalue weighted by Crippen LogP contribution is 2.33. The smallest absolute Gasteiger partial charge is 0.382 e. The number of carbonyl (C=O) groups is 2. The van der Waals surface area contributed by atoms with Crippen molar-refractivity contribution in [3.05, 3.63) is 35.6 Å². The van der Waals surface area contributed by atoms with Gasteiger partial charge in [-0.1, -0.05) is 18.2 Å². The van der Waals surface area contributed by atoms with Crippen LogP contribution in [0.1, 0.15) is 5.56 Å². The normalized spacial score (nSPS) is 14.9. The average molecular weight is 234 g/mol. The quantitative estimate of drug-likeness (QED) is 0.579. The minimum Gasteiger partial charge on any atom is -0.496 e. The number of cyclic esters (lactones) is 2. The molecule has 0 spiro atoms. The van der Waals surface area contributed by atoms with E-state index in [-0.39, 0.29) is 11.3 Å². The monoisotopic (exact) mass is 234 g/mol. The third-order valence-corrected chi connectivity index (χ3v) is 2.38. The van der Waals surface area contributed by atoms with Gasteiger partial charge in [0.1, 0.15) is 11.3 Å². The van der Waals surface area contributed by atoms with Gasteiger partial charge in [0.25, 0.3) is 0 Å². The van der Waals surface area contributed by atoms with Crippen LogP contribution in [-0.4, -0.2) is 26.2 Å². The largest absolute Gasteiger partial charge is 0.496 e. The Bertz CT molecular complexity index is 515. The SMILES string of the molecule is COC1=C(c2ccccc2OC)C(=O)OC1=O. The number of hydrogen-bond acceptors (Lipinski definition) is 5. The van der Waals surface area contributed by atoms with Crippen LogP contribution in [0.4, 0.5) is 0 Å². The molecule has 0 unspecified atom stereocenters. The van der Waals surface area contributed by atoms with E-state index in [9.17, 15) is 9.59 Å². The van der Waals surface area contributed by atoms with Gasteiger partial charge in [-0.25, -0.2) is 9.59 Å². The van der Waals surface area contributed by atoms with Crippen LogP contribution in [-0.2, 0) is 19.1 Å². The molecule has 0 N–H and O–H groups in total. The Hall–Kier alpha value is -2.30. The molecular formula is C12H10O5. The van der Waals surface area contributed by atoms with E-state index in [1.54, 1.807) is 24.3 Å². The van der Waals surface area contributed by atoms with Crippen molar-refractivity contribution in [1.82, 2.24) is 0 Å². The van der Waals surface area contributed by atoms with E-state index < -0.39 is 11.9 Å². The van der Waals surface area contributed by atoms with E-state index in [0.29, 0.717) is 11.3 Å². The fourth-order valence-corrected chi connectivity index (χ4v) is 1.65. The Morgan fingerprint density at radius 1 is 1.00 bits per heavy atom. The zero-order valence-electron chi connectivity index (χ0n) is 9.35. The van der Waals surface area contributed by atoms with Gasteiger partial charge in [-0.05, 0) is 6.07 Å². The van der Waals surface area contributed by atoms with Gasteiger partial charge < -0.3 is 14.2 Å². The van der Waals surface area contributed by atoms with Crippen molar-refractivity contribution >= 4 is 17.5 Å². The maximum absolute atomic E-state index is 11.6. The number of esters is 2. The highest BCUT2D eigenvalue weighted by atomic mass is 16.6. The van der Waals surface area contributed by atoms with E-state index in [1.807, 2.05) is 0 Å². The Morgan fingerprint density at radius 3 is 2.35 bits per heavy atom. The molecule has 0 aromatic heterocycles. The summed E-state index contributed by atoms with van der Waals surface area (Å²) in [5.74, 6) is -1.13. The fourth-order valence-electron chi connectivity index (χ4n) is 1.65. The van der Waals surface area contributed by atoms with Gasteiger partial charge in [0.2, 0.25) is 5.76 Å². The fraction of sp³-hybridized carbons (Fsp3) is 0.167. The van der Waals surface area contributed by atoms with E-state index in [0.717, 1.165) is 0 Å². The maximum atomic E-state index is 11.6. The first-order valence-electron chi connectivity index (χ1n) is 4.87. The number of benzene rings is 1. The van der Waals surface area contributed by atoms with Crippen LogP contribution in [0.15, 0.2) is 30.0 Å². The Balaban J connectivity index is 2.62. The summed E-state index contributed by atoms with van der Waals surface area (Å²) in [5.41, 5.74) is 0.567. The predicted molar refractivity (Wildman–Crippen MR) is 58.0 cm³/mol. The molecule has 1 aliphatic rings. The standard InChI is InChI=1S/C12H10O5/c1-15-8-6-4-3-5-7(8)9-10(16-2)12(14)17-11(9)13/h3-6H,1-2H3. The number of rotatable bonds is 3. The molecule has 5 heteroatoms. The lowest BCUT2D eigenvalue weighted by molar-refractivity contribution is -0.151. The number of para-hydroxylation sites is 1. The van der Waals surface area contributed by atoms with Crippen molar-refractivity contribution < 1.29 is 23.8 Å². The average Bonchev–Trinajstić information content (AvgIpc) is 2.63. The van der Waals surface area contributed by atoms with Crippen molar-refractivity contribution in [2.24, 2.45) is 0 Å². The lowest BCUT2D eigenvalue weighted by Gasteiger charge is -2.07. The molecular weight excluding hydrogens is 224 g/mol. The summed E-state index contributed by atoms with van der Waals surface area (Å²) in [6.45, 7) is 0. The lowest BCUT2D eigenvalue weighted by Crippen LogP contribution is -2.02. The van der Waals surface area contributed by atoms with Gasteiger partial charge in [-0.2, -0.15) is 0 Å². The number of hydrogen-bond donors (Lipinski definition) is 0. The van der Waals surface area contributed by atoms with Crippen LogP contribution in [0.3, 0.4) is 0 Å². The van der Waals surface area contributed by atoms with Crippen LogP contribution >= 0.6 is 0 Å². The van der Waals surface area contributed by atoms with Crippen LogP contribution in [0, 0.1) is 0 Å². The summed E-state index contributed by atoms with van der Waals surface area (Å²) in [5, 5.41) is 0. The van der Waals surface area contributed by atoms with Crippen LogP contribution < -0.4 is 4.74 Å². The van der Waals surface area contributed by atoms with E-state index in [4.69, 9.17) is 9.47 Å². The van der Waals surface area contributed by atoms with E-state index in [2.05, 4.69) is 4.74 Å². The number of methoxy groups -OCH3 is 2. The molecule has 0 radical (unpaired) electrons. The van der Waals surface area contributed by atoms with Gasteiger partial charge in [-0.3, -0.25) is 0 Å². The third kappa shape index (κ3) is 1.75. The van der Waals surface area contributed by atoms with Crippen LogP contribution in [0.2, 0.25) is 0 Å². The second-order valence-electron chi connectivity index (χ2n) is 3.29. The predicted octanol–water partition coefficient (Wildman–Crippen LogP) is 1.14. The molecule has 1 aliphatic heterocycles. The number of carbonyl (C=O) groups excluding carboxylic acids is 2. The highest BCUT2D eigenvalue weighted by Gasteiger charge is 2.36. The summed E-state index contributed by atoms with van der Waals surface area (Å²) < 4.78 is 14.5. The van der Waals surface area contributed by atoms with Crippen molar-refractivity contribution in [3.63, 3.8) is 0 Å².